The Hall–Kier alpha value is -3.55. The van der Waals surface area contributed by atoms with E-state index in [4.69, 9.17) is 4.74 Å². The lowest BCUT2D eigenvalue weighted by Crippen LogP contribution is -2.36. The van der Waals surface area contributed by atoms with Crippen LogP contribution in [0.2, 0.25) is 0 Å². The Balaban J connectivity index is 1.57. The molecule has 2 aromatic carbocycles. The van der Waals surface area contributed by atoms with Crippen molar-refractivity contribution in [3.63, 3.8) is 0 Å². The number of hydrogen-bond acceptors (Lipinski definition) is 5. The number of hydrogen-bond donors (Lipinski definition) is 0. The summed E-state index contributed by atoms with van der Waals surface area (Å²) >= 11 is 0. The Labute approximate surface area is 167 Å². The maximum absolute atomic E-state index is 13.0. The highest BCUT2D eigenvalue weighted by Gasteiger charge is 2.27. The van der Waals surface area contributed by atoms with Crippen LogP contribution in [0, 0.1) is 5.82 Å². The molecule has 0 unspecified atom stereocenters. The van der Waals surface area contributed by atoms with Crippen LogP contribution in [0.1, 0.15) is 18.4 Å². The topological polar surface area (TPSA) is 79.3 Å². The largest absolute Gasteiger partial charge is 0.451 e. The summed E-state index contributed by atoms with van der Waals surface area (Å²) in [7, 11) is 1.56. The van der Waals surface area contributed by atoms with E-state index in [9.17, 15) is 18.8 Å². The lowest BCUT2D eigenvalue weighted by atomic mass is 10.1. The molecule has 0 spiro atoms. The number of amides is 2. The van der Waals surface area contributed by atoms with Crippen molar-refractivity contribution in [3.05, 3.63) is 66.0 Å². The minimum Gasteiger partial charge on any atom is -0.451 e. The summed E-state index contributed by atoms with van der Waals surface area (Å²) in [5.74, 6) is -1.71. The quantitative estimate of drug-likeness (QED) is 0.702. The highest BCUT2D eigenvalue weighted by Crippen LogP contribution is 2.20. The molecule has 0 atom stereocenters. The van der Waals surface area contributed by atoms with Gasteiger partial charge in [0, 0.05) is 26.4 Å². The van der Waals surface area contributed by atoms with E-state index in [0.717, 1.165) is 5.56 Å². The van der Waals surface area contributed by atoms with Gasteiger partial charge in [0.2, 0.25) is 5.91 Å². The second kappa shape index (κ2) is 9.09. The fraction of sp³-hybridized carbons (Fsp3) is 0.238. The summed E-state index contributed by atoms with van der Waals surface area (Å²) in [4.78, 5) is 38.0. The normalized spacial score (nSPS) is 13.7. The van der Waals surface area contributed by atoms with Crippen LogP contribution in [0.15, 0.2) is 59.7 Å². The summed E-state index contributed by atoms with van der Waals surface area (Å²) in [5, 5.41) is 5.27. The van der Waals surface area contributed by atoms with Gasteiger partial charge in [-0.3, -0.25) is 9.59 Å². The van der Waals surface area contributed by atoms with Crippen molar-refractivity contribution in [2.45, 2.75) is 19.4 Å². The first-order chi connectivity index (χ1) is 13.9. The van der Waals surface area contributed by atoms with Crippen molar-refractivity contribution in [3.8, 4) is 0 Å². The molecule has 0 saturated carbocycles. The van der Waals surface area contributed by atoms with Crippen molar-refractivity contribution in [1.82, 2.24) is 4.90 Å². The van der Waals surface area contributed by atoms with E-state index in [-0.39, 0.29) is 36.8 Å². The average Bonchev–Trinajstić information content (AvgIpc) is 2.74. The Morgan fingerprint density at radius 1 is 1.10 bits per heavy atom. The number of rotatable bonds is 6. The van der Waals surface area contributed by atoms with Gasteiger partial charge in [-0.05, 0) is 29.8 Å². The molecule has 1 heterocycles. The molecule has 2 aromatic rings. The lowest BCUT2D eigenvalue weighted by Gasteiger charge is -2.23. The number of halogens is 1. The predicted octanol–water partition coefficient (Wildman–Crippen LogP) is 2.51. The molecule has 7 nitrogen and oxygen atoms in total. The second-order valence-electron chi connectivity index (χ2n) is 6.54. The number of anilines is 1. The number of para-hydroxylation sites is 1. The molecule has 1 aliphatic rings. The fourth-order valence-corrected chi connectivity index (χ4v) is 2.74. The van der Waals surface area contributed by atoms with Crippen LogP contribution >= 0.6 is 0 Å². The summed E-state index contributed by atoms with van der Waals surface area (Å²) < 4.78 is 18.0. The molecular weight excluding hydrogens is 377 g/mol. The standard InChI is InChI=1S/C21H20FN3O4/c1-24(13-15-7-9-16(22)10-8-15)20(27)14-29-21(28)18-11-12-19(26)25(23-18)17-5-3-2-4-6-17/h2-10H,11-14H2,1H3. The van der Waals surface area contributed by atoms with Gasteiger partial charge in [-0.25, -0.2) is 14.2 Å². The molecular formula is C21H20FN3O4. The van der Waals surface area contributed by atoms with E-state index in [1.807, 2.05) is 6.07 Å². The van der Waals surface area contributed by atoms with E-state index < -0.39 is 18.5 Å². The zero-order valence-electron chi connectivity index (χ0n) is 15.9. The van der Waals surface area contributed by atoms with E-state index in [1.54, 1.807) is 43.4 Å². The smallest absolute Gasteiger partial charge is 0.355 e. The molecule has 1 aliphatic heterocycles. The van der Waals surface area contributed by atoms with Crippen LogP contribution in [-0.4, -0.2) is 42.0 Å². The van der Waals surface area contributed by atoms with E-state index in [0.29, 0.717) is 5.69 Å². The third-order valence-corrected chi connectivity index (χ3v) is 4.35. The minimum atomic E-state index is -0.734. The summed E-state index contributed by atoms with van der Waals surface area (Å²) in [6, 6.07) is 14.6. The molecule has 2 amide bonds. The molecule has 150 valence electrons. The van der Waals surface area contributed by atoms with Gasteiger partial charge in [-0.2, -0.15) is 5.10 Å². The zero-order valence-corrected chi connectivity index (χ0v) is 15.9. The molecule has 0 aromatic heterocycles. The van der Waals surface area contributed by atoms with Crippen LogP contribution in [0.5, 0.6) is 0 Å². The number of carbonyl (C=O) groups excluding carboxylic acids is 3. The van der Waals surface area contributed by atoms with Crippen molar-refractivity contribution in [1.29, 1.82) is 0 Å². The van der Waals surface area contributed by atoms with Crippen LogP contribution in [-0.2, 0) is 25.7 Å². The molecule has 29 heavy (non-hydrogen) atoms. The van der Waals surface area contributed by atoms with Gasteiger partial charge < -0.3 is 9.64 Å². The van der Waals surface area contributed by atoms with Crippen LogP contribution in [0.4, 0.5) is 10.1 Å². The minimum absolute atomic E-state index is 0.0856. The highest BCUT2D eigenvalue weighted by atomic mass is 19.1. The first-order valence-corrected chi connectivity index (χ1v) is 9.05. The SMILES string of the molecule is CN(Cc1ccc(F)cc1)C(=O)COC(=O)C1=NN(c2ccccc2)C(=O)CC1. The molecule has 0 fully saturated rings. The van der Waals surface area contributed by atoms with Gasteiger partial charge >= 0.3 is 5.97 Å². The molecule has 0 aliphatic carbocycles. The van der Waals surface area contributed by atoms with Gasteiger partial charge in [-0.1, -0.05) is 30.3 Å². The second-order valence-corrected chi connectivity index (χ2v) is 6.54. The van der Waals surface area contributed by atoms with Gasteiger partial charge in [0.25, 0.3) is 5.91 Å². The average molecular weight is 397 g/mol. The monoisotopic (exact) mass is 397 g/mol. The Kier molecular flexibility index (Phi) is 6.33. The number of carbonyl (C=O) groups is 3. The summed E-state index contributed by atoms with van der Waals surface area (Å²) in [6.45, 7) is -0.192. The first kappa shape index (κ1) is 20.2. The Morgan fingerprint density at radius 3 is 2.48 bits per heavy atom. The third kappa shape index (κ3) is 5.25. The number of esters is 1. The third-order valence-electron chi connectivity index (χ3n) is 4.35. The maximum atomic E-state index is 13.0. The molecule has 3 rings (SSSR count). The van der Waals surface area contributed by atoms with E-state index >= 15 is 0 Å². The van der Waals surface area contributed by atoms with Gasteiger partial charge in [0.15, 0.2) is 6.61 Å². The summed E-state index contributed by atoms with van der Waals surface area (Å²) in [6.07, 6.45) is 0.280. The van der Waals surface area contributed by atoms with E-state index in [1.165, 1.54) is 22.0 Å². The number of benzene rings is 2. The number of nitrogens with zero attached hydrogens (tertiary/aromatic N) is 3. The highest BCUT2D eigenvalue weighted by molar-refractivity contribution is 6.38. The van der Waals surface area contributed by atoms with Crippen molar-refractivity contribution in [2.24, 2.45) is 5.10 Å². The number of likely N-dealkylation sites (N-methyl/N-ethyl adjacent to an activating group) is 1. The fourth-order valence-electron chi connectivity index (χ4n) is 2.74. The van der Waals surface area contributed by atoms with E-state index in [2.05, 4.69) is 5.10 Å². The van der Waals surface area contributed by atoms with Crippen molar-refractivity contribution >= 4 is 29.2 Å². The maximum Gasteiger partial charge on any atom is 0.355 e. The number of hydrazone groups is 1. The Bertz CT molecular complexity index is 929. The molecule has 0 bridgehead atoms. The van der Waals surface area contributed by atoms with Crippen LogP contribution in [0.25, 0.3) is 0 Å². The molecule has 0 radical (unpaired) electrons. The lowest BCUT2D eigenvalue weighted by molar-refractivity contribution is -0.146. The van der Waals surface area contributed by atoms with Crippen LogP contribution in [0.3, 0.4) is 0 Å². The van der Waals surface area contributed by atoms with Crippen molar-refractivity contribution in [2.75, 3.05) is 18.7 Å². The molecule has 0 saturated heterocycles. The number of ether oxygens (including phenoxy) is 1. The van der Waals surface area contributed by atoms with Gasteiger partial charge in [-0.15, -0.1) is 0 Å². The summed E-state index contributed by atoms with van der Waals surface area (Å²) in [5.41, 5.74) is 1.39. The Morgan fingerprint density at radius 2 is 1.79 bits per heavy atom. The molecule has 0 N–H and O–H groups in total. The zero-order chi connectivity index (χ0) is 20.8. The first-order valence-electron chi connectivity index (χ1n) is 9.05. The van der Waals surface area contributed by atoms with Gasteiger partial charge in [0.05, 0.1) is 5.69 Å². The van der Waals surface area contributed by atoms with Gasteiger partial charge in [0.1, 0.15) is 11.5 Å². The van der Waals surface area contributed by atoms with Crippen LogP contribution < -0.4 is 5.01 Å². The van der Waals surface area contributed by atoms with Crippen molar-refractivity contribution < 1.29 is 23.5 Å². The predicted molar refractivity (Wildman–Crippen MR) is 104 cm³/mol. The molecule has 8 heteroatoms.